The van der Waals surface area contributed by atoms with Crippen LogP contribution >= 0.6 is 12.4 Å². The molecule has 9 nitrogen and oxygen atoms in total. The van der Waals surface area contributed by atoms with Gasteiger partial charge >= 0.3 is 5.97 Å². The molecule has 0 unspecified atom stereocenters. The van der Waals surface area contributed by atoms with Crippen molar-refractivity contribution in [2.24, 2.45) is 17.8 Å². The fourth-order valence-electron chi connectivity index (χ4n) is 4.31. The summed E-state index contributed by atoms with van der Waals surface area (Å²) in [5.41, 5.74) is 0. The number of amides is 3. The quantitative estimate of drug-likeness (QED) is 0.379. The Kier molecular flexibility index (Phi) is 10.0. The van der Waals surface area contributed by atoms with E-state index in [9.17, 15) is 19.2 Å². The van der Waals surface area contributed by atoms with Gasteiger partial charge in [-0.15, -0.1) is 12.4 Å². The third kappa shape index (κ3) is 8.29. The van der Waals surface area contributed by atoms with Gasteiger partial charge in [0, 0.05) is 25.4 Å². The van der Waals surface area contributed by atoms with Crippen LogP contribution < -0.4 is 16.0 Å². The van der Waals surface area contributed by atoms with Crippen LogP contribution in [0.1, 0.15) is 57.8 Å². The van der Waals surface area contributed by atoms with E-state index in [1.165, 1.54) is 0 Å². The van der Waals surface area contributed by atoms with Gasteiger partial charge in [-0.2, -0.15) is 0 Å². The number of carboxylic acids is 1. The van der Waals surface area contributed by atoms with Gasteiger partial charge in [-0.3, -0.25) is 19.2 Å². The van der Waals surface area contributed by atoms with E-state index < -0.39 is 12.1 Å². The number of rotatable bonds is 9. The second kappa shape index (κ2) is 12.2. The molecule has 176 valence electrons. The highest BCUT2D eigenvalue weighted by Gasteiger charge is 2.34. The number of halogens is 1. The highest BCUT2D eigenvalue weighted by molar-refractivity contribution is 5.85. The maximum absolute atomic E-state index is 12.7. The number of aliphatic carboxylic acids is 1. The molecule has 0 bridgehead atoms. The van der Waals surface area contributed by atoms with E-state index in [0.29, 0.717) is 31.8 Å². The molecule has 2 aliphatic heterocycles. The molecule has 2 heterocycles. The first-order chi connectivity index (χ1) is 14.4. The number of piperidine rings is 2. The third-order valence-electron chi connectivity index (χ3n) is 6.33. The van der Waals surface area contributed by atoms with Crippen LogP contribution in [0.2, 0.25) is 0 Å². The van der Waals surface area contributed by atoms with Gasteiger partial charge in [0.2, 0.25) is 17.7 Å². The standard InChI is InChI=1S/C21H34N4O5.ClH/c26-18(6-3-14-7-9-22-10-8-14)25-11-1-2-16(13-25)21(30)24-17(12-19(27)28)23-20(29)15-4-5-15;/h14-17,22H,1-13H2,(H,23,29)(H,24,30)(H,27,28);1H/t16-,17+;/m1./s1. The average molecular weight is 459 g/mol. The number of hydrogen-bond acceptors (Lipinski definition) is 5. The Morgan fingerprint density at radius 1 is 0.968 bits per heavy atom. The predicted molar refractivity (Wildman–Crippen MR) is 116 cm³/mol. The second-order valence-electron chi connectivity index (χ2n) is 8.85. The van der Waals surface area contributed by atoms with Gasteiger partial charge in [-0.1, -0.05) is 0 Å². The zero-order valence-electron chi connectivity index (χ0n) is 17.9. The minimum atomic E-state index is -1.09. The predicted octanol–water partition coefficient (Wildman–Crippen LogP) is 0.870. The van der Waals surface area contributed by atoms with Crippen molar-refractivity contribution in [3.8, 4) is 0 Å². The summed E-state index contributed by atoms with van der Waals surface area (Å²) >= 11 is 0. The fourth-order valence-corrected chi connectivity index (χ4v) is 4.31. The Bertz CT molecular complexity index is 652. The second-order valence-corrected chi connectivity index (χ2v) is 8.85. The van der Waals surface area contributed by atoms with E-state index in [2.05, 4.69) is 16.0 Å². The van der Waals surface area contributed by atoms with Gasteiger partial charge in [-0.25, -0.2) is 0 Å². The van der Waals surface area contributed by atoms with Gasteiger partial charge in [0.1, 0.15) is 6.17 Å². The molecule has 2 atom stereocenters. The first-order valence-electron chi connectivity index (χ1n) is 11.2. The number of likely N-dealkylation sites (tertiary alicyclic amines) is 1. The van der Waals surface area contributed by atoms with Crippen molar-refractivity contribution in [1.29, 1.82) is 0 Å². The number of carbonyl (C=O) groups is 4. The van der Waals surface area contributed by atoms with E-state index in [-0.39, 0.29) is 48.4 Å². The Morgan fingerprint density at radius 3 is 2.23 bits per heavy atom. The van der Waals surface area contributed by atoms with Gasteiger partial charge in [0.05, 0.1) is 12.3 Å². The summed E-state index contributed by atoms with van der Waals surface area (Å²) in [4.78, 5) is 50.3. The molecule has 1 saturated carbocycles. The van der Waals surface area contributed by atoms with E-state index in [1.54, 1.807) is 4.90 Å². The number of hydrogen-bond donors (Lipinski definition) is 4. The van der Waals surface area contributed by atoms with Crippen molar-refractivity contribution in [3.63, 3.8) is 0 Å². The maximum Gasteiger partial charge on any atom is 0.307 e. The summed E-state index contributed by atoms with van der Waals surface area (Å²) in [6, 6.07) is 0. The summed E-state index contributed by atoms with van der Waals surface area (Å²) in [6.07, 6.45) is 5.33. The summed E-state index contributed by atoms with van der Waals surface area (Å²) < 4.78 is 0. The SMILES string of the molecule is Cl.O=C(O)C[C@@H](NC(=O)C1CC1)NC(=O)[C@@H]1CCCN(C(=O)CCC2CCNCC2)C1. The zero-order valence-corrected chi connectivity index (χ0v) is 18.8. The molecule has 3 amide bonds. The van der Waals surface area contributed by atoms with Gasteiger partial charge in [0.15, 0.2) is 0 Å². The molecule has 0 aromatic rings. The summed E-state index contributed by atoms with van der Waals surface area (Å²) in [5.74, 6) is -1.36. The van der Waals surface area contributed by atoms with Crippen molar-refractivity contribution >= 4 is 36.1 Å². The lowest BCUT2D eigenvalue weighted by atomic mass is 9.92. The van der Waals surface area contributed by atoms with Crippen LogP contribution in [0.4, 0.5) is 0 Å². The van der Waals surface area contributed by atoms with Crippen LogP contribution in [0, 0.1) is 17.8 Å². The zero-order chi connectivity index (χ0) is 21.5. The fraction of sp³-hybridized carbons (Fsp3) is 0.810. The molecule has 4 N–H and O–H groups in total. The molecule has 1 aliphatic carbocycles. The van der Waals surface area contributed by atoms with Crippen molar-refractivity contribution < 1.29 is 24.3 Å². The first-order valence-corrected chi connectivity index (χ1v) is 11.2. The lowest BCUT2D eigenvalue weighted by Crippen LogP contribution is -2.53. The monoisotopic (exact) mass is 458 g/mol. The molecule has 0 aromatic carbocycles. The molecular weight excluding hydrogens is 424 g/mol. The average Bonchev–Trinajstić information content (AvgIpc) is 3.58. The molecule has 3 rings (SSSR count). The lowest BCUT2D eigenvalue weighted by molar-refractivity contribution is -0.138. The third-order valence-corrected chi connectivity index (χ3v) is 6.33. The Morgan fingerprint density at radius 2 is 1.61 bits per heavy atom. The maximum atomic E-state index is 12.7. The number of nitrogens with zero attached hydrogens (tertiary/aromatic N) is 1. The molecule has 3 fully saturated rings. The summed E-state index contributed by atoms with van der Waals surface area (Å²) in [7, 11) is 0. The van der Waals surface area contributed by atoms with Crippen LogP contribution in [-0.4, -0.2) is 66.0 Å². The van der Waals surface area contributed by atoms with E-state index in [1.807, 2.05) is 0 Å². The van der Waals surface area contributed by atoms with Gasteiger partial charge in [0.25, 0.3) is 0 Å². The van der Waals surface area contributed by atoms with Gasteiger partial charge in [-0.05, 0) is 64.0 Å². The molecular formula is C21H35ClN4O5. The molecule has 0 aromatic heterocycles. The van der Waals surface area contributed by atoms with Crippen molar-refractivity contribution in [2.75, 3.05) is 26.2 Å². The van der Waals surface area contributed by atoms with Crippen LogP contribution in [-0.2, 0) is 19.2 Å². The summed E-state index contributed by atoms with van der Waals surface area (Å²) in [5, 5.41) is 17.7. The van der Waals surface area contributed by atoms with E-state index in [4.69, 9.17) is 5.11 Å². The lowest BCUT2D eigenvalue weighted by Gasteiger charge is -2.33. The Labute approximate surface area is 189 Å². The van der Waals surface area contributed by atoms with Crippen LogP contribution in [0.25, 0.3) is 0 Å². The number of carboxylic acid groups (broad SMARTS) is 1. The topological polar surface area (TPSA) is 128 Å². The molecule has 10 heteroatoms. The van der Waals surface area contributed by atoms with Crippen LogP contribution in [0.5, 0.6) is 0 Å². The van der Waals surface area contributed by atoms with E-state index >= 15 is 0 Å². The van der Waals surface area contributed by atoms with Crippen molar-refractivity contribution in [2.45, 2.75) is 64.0 Å². The molecule has 31 heavy (non-hydrogen) atoms. The minimum Gasteiger partial charge on any atom is -0.481 e. The Hall–Kier alpha value is -1.87. The largest absolute Gasteiger partial charge is 0.481 e. The number of nitrogens with one attached hydrogen (secondary N) is 3. The van der Waals surface area contributed by atoms with Crippen LogP contribution in [0.3, 0.4) is 0 Å². The van der Waals surface area contributed by atoms with Crippen LogP contribution in [0.15, 0.2) is 0 Å². The van der Waals surface area contributed by atoms with Gasteiger partial charge < -0.3 is 26.0 Å². The highest BCUT2D eigenvalue weighted by atomic mass is 35.5. The number of carbonyl (C=O) groups excluding carboxylic acids is 3. The smallest absolute Gasteiger partial charge is 0.307 e. The first kappa shape index (κ1) is 25.4. The van der Waals surface area contributed by atoms with E-state index in [0.717, 1.165) is 51.6 Å². The molecule has 0 spiro atoms. The minimum absolute atomic E-state index is 0. The highest BCUT2D eigenvalue weighted by Crippen LogP contribution is 2.29. The molecule has 2 saturated heterocycles. The summed E-state index contributed by atoms with van der Waals surface area (Å²) in [6.45, 7) is 3.04. The van der Waals surface area contributed by atoms with Crippen molar-refractivity contribution in [3.05, 3.63) is 0 Å². The molecule has 0 radical (unpaired) electrons. The normalized spacial score (nSPS) is 22.7. The van der Waals surface area contributed by atoms with Crippen molar-refractivity contribution in [1.82, 2.24) is 20.9 Å². The molecule has 3 aliphatic rings. The Balaban J connectivity index is 0.00000341.